The fourth-order valence-corrected chi connectivity index (χ4v) is 2.76. The first-order chi connectivity index (χ1) is 9.72. The van der Waals surface area contributed by atoms with E-state index in [1.54, 1.807) is 6.20 Å². The van der Waals surface area contributed by atoms with Crippen LogP contribution in [0.2, 0.25) is 0 Å². The van der Waals surface area contributed by atoms with Crippen molar-refractivity contribution in [1.82, 2.24) is 14.5 Å². The Bertz CT molecular complexity index is 767. The number of aryl methyl sites for hydroxylation is 1. The maximum Gasteiger partial charge on any atom is 0.164 e. The highest BCUT2D eigenvalue weighted by atomic mass is 79.9. The molecular weight excluding hydrogens is 338 g/mol. The normalized spacial score (nSPS) is 11.2. The van der Waals surface area contributed by atoms with Crippen molar-refractivity contribution in [2.75, 3.05) is 0 Å². The van der Waals surface area contributed by atoms with Crippen LogP contribution in [0.1, 0.15) is 18.3 Å². The molecule has 0 saturated heterocycles. The molecule has 0 radical (unpaired) electrons. The van der Waals surface area contributed by atoms with Gasteiger partial charge in [0.1, 0.15) is 11.3 Å². The number of fused-ring (bicyclic) bond motifs is 1. The van der Waals surface area contributed by atoms with Crippen molar-refractivity contribution >= 4 is 38.7 Å². The summed E-state index contributed by atoms with van der Waals surface area (Å²) in [5.41, 5.74) is 4.01. The van der Waals surface area contributed by atoms with E-state index >= 15 is 0 Å². The number of alkyl halides is 1. The van der Waals surface area contributed by atoms with Crippen molar-refractivity contribution in [3.8, 4) is 5.69 Å². The van der Waals surface area contributed by atoms with Crippen LogP contribution in [0.15, 0.2) is 41.0 Å². The molecule has 5 heteroatoms. The summed E-state index contributed by atoms with van der Waals surface area (Å²) in [7, 11) is 0. The van der Waals surface area contributed by atoms with Crippen molar-refractivity contribution in [3.63, 3.8) is 0 Å². The van der Waals surface area contributed by atoms with Gasteiger partial charge in [-0.15, -0.1) is 11.6 Å². The second-order valence-electron chi connectivity index (χ2n) is 4.52. The predicted octanol–water partition coefficient (Wildman–Crippen LogP) is 4.48. The summed E-state index contributed by atoms with van der Waals surface area (Å²) in [4.78, 5) is 9.04. The van der Waals surface area contributed by atoms with Crippen LogP contribution in [0.25, 0.3) is 16.9 Å². The Hall–Kier alpha value is -1.39. The molecule has 3 nitrogen and oxygen atoms in total. The summed E-state index contributed by atoms with van der Waals surface area (Å²) >= 11 is 9.47. The maximum absolute atomic E-state index is 6.04. The zero-order chi connectivity index (χ0) is 14.1. The third-order valence-corrected chi connectivity index (χ3v) is 3.90. The molecule has 2 aromatic heterocycles. The van der Waals surface area contributed by atoms with Gasteiger partial charge in [-0.3, -0.25) is 4.57 Å². The van der Waals surface area contributed by atoms with Gasteiger partial charge in [-0.2, -0.15) is 0 Å². The number of hydrogen-bond acceptors (Lipinski definition) is 2. The molecule has 0 unspecified atom stereocenters. The molecule has 102 valence electrons. The highest BCUT2D eigenvalue weighted by Gasteiger charge is 2.13. The minimum absolute atomic E-state index is 0.352. The fourth-order valence-electron chi connectivity index (χ4n) is 2.26. The minimum Gasteiger partial charge on any atom is -0.280 e. The molecule has 20 heavy (non-hydrogen) atoms. The largest absolute Gasteiger partial charge is 0.280 e. The minimum atomic E-state index is 0.352. The van der Waals surface area contributed by atoms with E-state index in [2.05, 4.69) is 57.1 Å². The SMILES string of the molecule is CCc1cccc(-n2c(CCl)nc3cc(Br)cnc32)c1. The second-order valence-corrected chi connectivity index (χ2v) is 5.70. The van der Waals surface area contributed by atoms with E-state index in [4.69, 9.17) is 11.6 Å². The Labute approximate surface area is 130 Å². The van der Waals surface area contributed by atoms with Crippen LogP contribution in [0.3, 0.4) is 0 Å². The van der Waals surface area contributed by atoms with Gasteiger partial charge >= 0.3 is 0 Å². The van der Waals surface area contributed by atoms with Crippen LogP contribution in [-0.2, 0) is 12.3 Å². The smallest absolute Gasteiger partial charge is 0.164 e. The number of pyridine rings is 1. The van der Waals surface area contributed by atoms with Crippen LogP contribution < -0.4 is 0 Å². The number of rotatable bonds is 3. The monoisotopic (exact) mass is 349 g/mol. The average Bonchev–Trinajstić information content (AvgIpc) is 2.84. The molecule has 0 amide bonds. The molecule has 0 spiro atoms. The zero-order valence-electron chi connectivity index (χ0n) is 11.0. The van der Waals surface area contributed by atoms with E-state index in [1.807, 2.05) is 10.6 Å². The molecule has 0 aliphatic carbocycles. The van der Waals surface area contributed by atoms with Crippen molar-refractivity contribution in [2.24, 2.45) is 0 Å². The number of nitrogens with zero attached hydrogens (tertiary/aromatic N) is 3. The van der Waals surface area contributed by atoms with Gasteiger partial charge in [-0.05, 0) is 46.1 Å². The van der Waals surface area contributed by atoms with Crippen molar-refractivity contribution in [1.29, 1.82) is 0 Å². The van der Waals surface area contributed by atoms with Crippen molar-refractivity contribution in [3.05, 3.63) is 52.4 Å². The Morgan fingerprint density at radius 3 is 2.90 bits per heavy atom. The highest BCUT2D eigenvalue weighted by molar-refractivity contribution is 9.10. The van der Waals surface area contributed by atoms with Crippen LogP contribution in [0, 0.1) is 0 Å². The molecular formula is C15H13BrClN3. The van der Waals surface area contributed by atoms with Crippen LogP contribution in [0.4, 0.5) is 0 Å². The van der Waals surface area contributed by atoms with Crippen molar-refractivity contribution < 1.29 is 0 Å². The van der Waals surface area contributed by atoms with Crippen LogP contribution >= 0.6 is 27.5 Å². The third kappa shape index (κ3) is 2.34. The standard InChI is InChI=1S/C15H13BrClN3/c1-2-10-4-3-5-12(6-10)20-14(8-17)19-13-7-11(16)9-18-15(13)20/h3-7,9H,2,8H2,1H3. The van der Waals surface area contributed by atoms with Gasteiger partial charge in [0.15, 0.2) is 5.65 Å². The summed E-state index contributed by atoms with van der Waals surface area (Å²) in [6.07, 6.45) is 2.78. The fraction of sp³-hybridized carbons (Fsp3) is 0.200. The molecule has 0 saturated carbocycles. The number of benzene rings is 1. The van der Waals surface area contributed by atoms with Gasteiger partial charge in [0.25, 0.3) is 0 Å². The Kier molecular flexibility index (Phi) is 3.76. The van der Waals surface area contributed by atoms with Crippen molar-refractivity contribution in [2.45, 2.75) is 19.2 Å². The first kappa shape index (κ1) is 13.6. The summed E-state index contributed by atoms with van der Waals surface area (Å²) in [6.45, 7) is 2.14. The van der Waals surface area contributed by atoms with E-state index in [0.29, 0.717) is 5.88 Å². The summed E-state index contributed by atoms with van der Waals surface area (Å²) in [5.74, 6) is 1.16. The van der Waals surface area contributed by atoms with E-state index in [9.17, 15) is 0 Å². The molecule has 0 bridgehead atoms. The number of aromatic nitrogens is 3. The third-order valence-electron chi connectivity index (χ3n) is 3.23. The summed E-state index contributed by atoms with van der Waals surface area (Å²) in [6, 6.07) is 10.3. The Balaban J connectivity index is 2.28. The molecule has 0 aliphatic heterocycles. The zero-order valence-corrected chi connectivity index (χ0v) is 13.3. The van der Waals surface area contributed by atoms with E-state index in [-0.39, 0.29) is 0 Å². The lowest BCUT2D eigenvalue weighted by molar-refractivity contribution is 0.964. The molecule has 2 heterocycles. The topological polar surface area (TPSA) is 30.7 Å². The van der Waals surface area contributed by atoms with E-state index in [1.165, 1.54) is 5.56 Å². The van der Waals surface area contributed by atoms with Gasteiger partial charge in [0, 0.05) is 16.4 Å². The number of hydrogen-bond donors (Lipinski definition) is 0. The molecule has 3 aromatic rings. The molecule has 0 atom stereocenters. The molecule has 1 aromatic carbocycles. The lowest BCUT2D eigenvalue weighted by Crippen LogP contribution is -2.00. The first-order valence-electron chi connectivity index (χ1n) is 6.41. The number of imidazole rings is 1. The Morgan fingerprint density at radius 1 is 1.30 bits per heavy atom. The van der Waals surface area contributed by atoms with Crippen LogP contribution in [-0.4, -0.2) is 14.5 Å². The summed E-state index contributed by atoms with van der Waals surface area (Å²) in [5, 5.41) is 0. The van der Waals surface area contributed by atoms with E-state index < -0.39 is 0 Å². The van der Waals surface area contributed by atoms with Gasteiger partial charge < -0.3 is 0 Å². The van der Waals surface area contributed by atoms with Gasteiger partial charge in [0.2, 0.25) is 0 Å². The predicted molar refractivity (Wildman–Crippen MR) is 85.5 cm³/mol. The molecule has 0 N–H and O–H groups in total. The maximum atomic E-state index is 6.04. The quantitative estimate of drug-likeness (QED) is 0.652. The first-order valence-corrected chi connectivity index (χ1v) is 7.74. The molecule has 0 fully saturated rings. The highest BCUT2D eigenvalue weighted by Crippen LogP contribution is 2.24. The Morgan fingerprint density at radius 2 is 2.15 bits per heavy atom. The van der Waals surface area contributed by atoms with Crippen LogP contribution in [0.5, 0.6) is 0 Å². The van der Waals surface area contributed by atoms with Gasteiger partial charge in [-0.1, -0.05) is 19.1 Å². The number of halogens is 2. The molecule has 3 rings (SSSR count). The van der Waals surface area contributed by atoms with E-state index in [0.717, 1.165) is 33.6 Å². The average molecular weight is 351 g/mol. The summed E-state index contributed by atoms with van der Waals surface area (Å²) < 4.78 is 2.94. The van der Waals surface area contributed by atoms with Gasteiger partial charge in [-0.25, -0.2) is 9.97 Å². The lowest BCUT2D eigenvalue weighted by atomic mass is 10.1. The lowest BCUT2D eigenvalue weighted by Gasteiger charge is -2.08. The second kappa shape index (κ2) is 5.54. The molecule has 0 aliphatic rings. The van der Waals surface area contributed by atoms with Gasteiger partial charge in [0.05, 0.1) is 5.88 Å².